The van der Waals surface area contributed by atoms with Crippen molar-refractivity contribution in [2.45, 2.75) is 12.8 Å². The van der Waals surface area contributed by atoms with Crippen LogP contribution in [0.15, 0.2) is 18.2 Å². The van der Waals surface area contributed by atoms with Crippen LogP contribution < -0.4 is 0 Å². The van der Waals surface area contributed by atoms with E-state index in [2.05, 4.69) is 0 Å². The Morgan fingerprint density at radius 3 is 2.71 bits per heavy atom. The average Bonchev–Trinajstić information content (AvgIpc) is 2.16. The number of hydrogen-bond acceptors (Lipinski definition) is 2. The Hall–Kier alpha value is -0.730. The summed E-state index contributed by atoms with van der Waals surface area (Å²) in [6.07, 6.45) is 1.25. The van der Waals surface area contributed by atoms with E-state index in [9.17, 15) is 0 Å². The van der Waals surface area contributed by atoms with Gasteiger partial charge in [0.15, 0.2) is 5.90 Å². The maximum Gasteiger partial charge on any atom is 0.180 e. The number of hydrogen-bond donors (Lipinski definition) is 1. The number of nitrogens with one attached hydrogen (secondary N) is 1. The highest BCUT2D eigenvalue weighted by molar-refractivity contribution is 6.35. The highest BCUT2D eigenvalue weighted by atomic mass is 35.5. The highest BCUT2D eigenvalue weighted by Crippen LogP contribution is 2.22. The molecular formula is C10H11Cl2NO. The summed E-state index contributed by atoms with van der Waals surface area (Å²) in [6.45, 7) is 0. The van der Waals surface area contributed by atoms with Gasteiger partial charge in [0.05, 0.1) is 7.11 Å². The van der Waals surface area contributed by atoms with E-state index in [0.717, 1.165) is 5.56 Å². The SMILES string of the molecule is COC(=N)CCc1ccc(Cl)cc1Cl. The Kier molecular flexibility index (Phi) is 4.23. The molecule has 0 aromatic heterocycles. The van der Waals surface area contributed by atoms with Crippen LogP contribution in [0.3, 0.4) is 0 Å². The zero-order chi connectivity index (χ0) is 10.6. The number of halogens is 2. The van der Waals surface area contributed by atoms with E-state index in [1.54, 1.807) is 12.1 Å². The summed E-state index contributed by atoms with van der Waals surface area (Å²) in [5.74, 6) is 0.260. The fourth-order valence-corrected chi connectivity index (χ4v) is 1.58. The third-order valence-electron chi connectivity index (χ3n) is 1.88. The van der Waals surface area contributed by atoms with Crippen molar-refractivity contribution in [1.29, 1.82) is 5.41 Å². The van der Waals surface area contributed by atoms with Crippen LogP contribution in [-0.2, 0) is 11.2 Å². The van der Waals surface area contributed by atoms with Gasteiger partial charge in [-0.25, -0.2) is 0 Å². The van der Waals surface area contributed by atoms with Gasteiger partial charge in [0.1, 0.15) is 0 Å². The van der Waals surface area contributed by atoms with Crippen LogP contribution in [0, 0.1) is 5.41 Å². The Morgan fingerprint density at radius 2 is 2.14 bits per heavy atom. The third kappa shape index (κ3) is 3.20. The lowest BCUT2D eigenvalue weighted by Crippen LogP contribution is -2.01. The van der Waals surface area contributed by atoms with Crippen molar-refractivity contribution in [3.63, 3.8) is 0 Å². The van der Waals surface area contributed by atoms with Gasteiger partial charge in [0.2, 0.25) is 0 Å². The molecule has 0 spiro atoms. The van der Waals surface area contributed by atoms with Gasteiger partial charge in [-0.1, -0.05) is 29.3 Å². The Balaban J connectivity index is 2.63. The van der Waals surface area contributed by atoms with Crippen LogP contribution in [0.1, 0.15) is 12.0 Å². The highest BCUT2D eigenvalue weighted by Gasteiger charge is 2.03. The second-order valence-corrected chi connectivity index (χ2v) is 3.71. The zero-order valence-corrected chi connectivity index (χ0v) is 9.32. The normalized spacial score (nSPS) is 9.93. The first-order valence-corrected chi connectivity index (χ1v) is 4.94. The fourth-order valence-electron chi connectivity index (χ4n) is 1.07. The largest absolute Gasteiger partial charge is 0.484 e. The van der Waals surface area contributed by atoms with Gasteiger partial charge < -0.3 is 4.74 Å². The molecule has 0 fully saturated rings. The number of methoxy groups -OCH3 is 1. The van der Waals surface area contributed by atoms with Crippen molar-refractivity contribution in [1.82, 2.24) is 0 Å². The number of rotatable bonds is 3. The van der Waals surface area contributed by atoms with Crippen LogP contribution in [0.2, 0.25) is 10.0 Å². The van der Waals surface area contributed by atoms with Crippen molar-refractivity contribution in [2.75, 3.05) is 7.11 Å². The van der Waals surface area contributed by atoms with Crippen LogP contribution in [-0.4, -0.2) is 13.0 Å². The van der Waals surface area contributed by atoms with E-state index in [-0.39, 0.29) is 5.90 Å². The van der Waals surface area contributed by atoms with Crippen molar-refractivity contribution in [2.24, 2.45) is 0 Å². The second kappa shape index (κ2) is 5.23. The quantitative estimate of drug-likeness (QED) is 0.627. The van der Waals surface area contributed by atoms with Crippen molar-refractivity contribution in [3.05, 3.63) is 33.8 Å². The lowest BCUT2D eigenvalue weighted by molar-refractivity contribution is 0.386. The molecule has 1 N–H and O–H groups in total. The number of aryl methyl sites for hydroxylation is 1. The summed E-state index contributed by atoms with van der Waals surface area (Å²) < 4.78 is 4.75. The monoisotopic (exact) mass is 231 g/mol. The topological polar surface area (TPSA) is 33.1 Å². The van der Waals surface area contributed by atoms with Crippen LogP contribution >= 0.6 is 23.2 Å². The molecule has 0 amide bonds. The Morgan fingerprint density at radius 1 is 1.43 bits per heavy atom. The molecule has 0 aliphatic heterocycles. The molecule has 0 bridgehead atoms. The van der Waals surface area contributed by atoms with Crippen LogP contribution in [0.4, 0.5) is 0 Å². The van der Waals surface area contributed by atoms with Gasteiger partial charge in [-0.3, -0.25) is 5.41 Å². The summed E-state index contributed by atoms with van der Waals surface area (Å²) in [5.41, 5.74) is 0.984. The molecule has 2 nitrogen and oxygen atoms in total. The van der Waals surface area contributed by atoms with Gasteiger partial charge in [-0.15, -0.1) is 0 Å². The van der Waals surface area contributed by atoms with E-state index in [0.29, 0.717) is 22.9 Å². The first-order valence-electron chi connectivity index (χ1n) is 4.19. The summed E-state index contributed by atoms with van der Waals surface area (Å²) in [6, 6.07) is 5.36. The minimum absolute atomic E-state index is 0.260. The molecule has 1 rings (SSSR count). The molecule has 0 saturated heterocycles. The molecule has 0 saturated carbocycles. The predicted octanol–water partition coefficient (Wildman–Crippen LogP) is 3.55. The number of benzene rings is 1. The molecule has 0 atom stereocenters. The Labute approximate surface area is 93.3 Å². The molecule has 1 aromatic carbocycles. The van der Waals surface area contributed by atoms with E-state index < -0.39 is 0 Å². The summed E-state index contributed by atoms with van der Waals surface area (Å²) >= 11 is 11.7. The van der Waals surface area contributed by atoms with Gasteiger partial charge in [0, 0.05) is 16.5 Å². The lowest BCUT2D eigenvalue weighted by atomic mass is 10.1. The zero-order valence-electron chi connectivity index (χ0n) is 7.81. The van der Waals surface area contributed by atoms with Gasteiger partial charge >= 0.3 is 0 Å². The first kappa shape index (κ1) is 11.3. The van der Waals surface area contributed by atoms with Crippen molar-refractivity contribution >= 4 is 29.1 Å². The van der Waals surface area contributed by atoms with E-state index >= 15 is 0 Å². The summed E-state index contributed by atoms with van der Waals surface area (Å²) in [7, 11) is 1.49. The molecule has 1 aromatic rings. The lowest BCUT2D eigenvalue weighted by Gasteiger charge is -2.04. The standard InChI is InChI=1S/C10H11Cl2NO/c1-14-10(13)5-3-7-2-4-8(11)6-9(7)12/h2,4,6,13H,3,5H2,1H3. The molecule has 0 aliphatic rings. The van der Waals surface area contributed by atoms with Crippen molar-refractivity contribution < 1.29 is 4.74 Å². The van der Waals surface area contributed by atoms with E-state index in [4.69, 9.17) is 33.3 Å². The van der Waals surface area contributed by atoms with E-state index in [1.165, 1.54) is 7.11 Å². The molecule has 0 radical (unpaired) electrons. The third-order valence-corrected chi connectivity index (χ3v) is 2.47. The van der Waals surface area contributed by atoms with Crippen LogP contribution in [0.25, 0.3) is 0 Å². The fraction of sp³-hybridized carbons (Fsp3) is 0.300. The second-order valence-electron chi connectivity index (χ2n) is 2.86. The average molecular weight is 232 g/mol. The smallest absolute Gasteiger partial charge is 0.180 e. The maximum atomic E-state index is 7.31. The molecule has 4 heteroatoms. The van der Waals surface area contributed by atoms with Gasteiger partial charge in [0.25, 0.3) is 0 Å². The van der Waals surface area contributed by atoms with Gasteiger partial charge in [-0.05, 0) is 24.1 Å². The molecule has 14 heavy (non-hydrogen) atoms. The first-order chi connectivity index (χ1) is 6.63. The molecule has 0 heterocycles. The molecule has 76 valence electrons. The summed E-state index contributed by atoms with van der Waals surface area (Å²) in [5, 5.41) is 8.57. The minimum Gasteiger partial charge on any atom is -0.484 e. The van der Waals surface area contributed by atoms with Gasteiger partial charge in [-0.2, -0.15) is 0 Å². The predicted molar refractivity (Wildman–Crippen MR) is 59.5 cm³/mol. The van der Waals surface area contributed by atoms with E-state index in [1.807, 2.05) is 6.07 Å². The molecule has 0 unspecified atom stereocenters. The van der Waals surface area contributed by atoms with Crippen LogP contribution in [0.5, 0.6) is 0 Å². The Bertz CT molecular complexity index is 339. The minimum atomic E-state index is 0.260. The molecule has 0 aliphatic carbocycles. The maximum absolute atomic E-state index is 7.31. The van der Waals surface area contributed by atoms with Crippen molar-refractivity contribution in [3.8, 4) is 0 Å². The summed E-state index contributed by atoms with van der Waals surface area (Å²) in [4.78, 5) is 0. The number of ether oxygens (including phenoxy) is 1. The molecular weight excluding hydrogens is 221 g/mol.